The van der Waals surface area contributed by atoms with Crippen LogP contribution in [0.5, 0.6) is 0 Å². The molecule has 3 rings (SSSR count). The fourth-order valence-electron chi connectivity index (χ4n) is 2.60. The highest BCUT2D eigenvalue weighted by molar-refractivity contribution is 7.78. The number of aromatic amines is 1. The van der Waals surface area contributed by atoms with Crippen LogP contribution >= 0.6 is 0 Å². The van der Waals surface area contributed by atoms with Crippen molar-refractivity contribution in [3.63, 3.8) is 0 Å². The highest BCUT2D eigenvalue weighted by Gasteiger charge is 2.14. The molecule has 1 aromatic carbocycles. The first-order chi connectivity index (χ1) is 11.5. The second-order valence-corrected chi connectivity index (χ2v) is 7.09. The standard InChI is InChI=1S/C15H15N3O4S2/c1-9-6-10(2-3-11(9)7-23(19)20)15-14-12(4-5-16-15)17-18-13(14)8-24(21)22/h2-6H,7-8H2,1H3,(H,17,18)(H,19,20)(H,21,22)/p-2. The minimum absolute atomic E-state index is 0.0458. The van der Waals surface area contributed by atoms with Gasteiger partial charge in [-0.2, -0.15) is 5.10 Å². The van der Waals surface area contributed by atoms with E-state index in [-0.39, 0.29) is 11.5 Å². The summed E-state index contributed by atoms with van der Waals surface area (Å²) in [6, 6.07) is 7.07. The molecule has 0 aliphatic heterocycles. The van der Waals surface area contributed by atoms with Gasteiger partial charge in [0.15, 0.2) is 0 Å². The SMILES string of the molecule is Cc1cc(-c2nccc3n[nH]c(CS(=O)[O-])c23)ccc1CS(=O)[O-]. The quantitative estimate of drug-likeness (QED) is 0.688. The number of nitrogens with one attached hydrogen (secondary N) is 1. The number of aryl methyl sites for hydroxylation is 1. The van der Waals surface area contributed by atoms with Gasteiger partial charge in [0, 0.05) is 17.5 Å². The Hall–Kier alpha value is -1.94. The van der Waals surface area contributed by atoms with Crippen LogP contribution in [0.4, 0.5) is 0 Å². The second kappa shape index (κ2) is 6.89. The van der Waals surface area contributed by atoms with E-state index in [1.54, 1.807) is 24.4 Å². The Morgan fingerprint density at radius 3 is 2.54 bits per heavy atom. The predicted molar refractivity (Wildman–Crippen MR) is 89.3 cm³/mol. The van der Waals surface area contributed by atoms with E-state index in [1.807, 2.05) is 13.0 Å². The monoisotopic (exact) mass is 363 g/mol. The molecular weight excluding hydrogens is 350 g/mol. The maximum atomic E-state index is 11.0. The first-order valence-corrected chi connectivity index (χ1v) is 9.48. The molecule has 0 bridgehead atoms. The summed E-state index contributed by atoms with van der Waals surface area (Å²) in [5, 5.41) is 7.51. The zero-order valence-corrected chi connectivity index (χ0v) is 14.3. The summed E-state index contributed by atoms with van der Waals surface area (Å²) >= 11 is -4.40. The van der Waals surface area contributed by atoms with Crippen LogP contribution in [-0.4, -0.2) is 32.7 Å². The van der Waals surface area contributed by atoms with Crippen LogP contribution < -0.4 is 0 Å². The predicted octanol–water partition coefficient (Wildman–Crippen LogP) is 1.69. The summed E-state index contributed by atoms with van der Waals surface area (Å²) in [6.07, 6.45) is 1.60. The van der Waals surface area contributed by atoms with Crippen molar-refractivity contribution in [2.75, 3.05) is 0 Å². The Labute approximate surface area is 143 Å². The van der Waals surface area contributed by atoms with Crippen molar-refractivity contribution in [1.29, 1.82) is 0 Å². The molecule has 2 heterocycles. The van der Waals surface area contributed by atoms with Crippen molar-refractivity contribution >= 4 is 33.1 Å². The van der Waals surface area contributed by atoms with Crippen LogP contribution in [0.1, 0.15) is 16.8 Å². The second-order valence-electron chi connectivity index (χ2n) is 5.29. The average Bonchev–Trinajstić information content (AvgIpc) is 2.91. The van der Waals surface area contributed by atoms with Crippen molar-refractivity contribution in [3.05, 3.63) is 47.3 Å². The molecule has 0 radical (unpaired) electrons. The van der Waals surface area contributed by atoms with Crippen molar-refractivity contribution in [1.82, 2.24) is 15.2 Å². The molecule has 0 aliphatic rings. The Kier molecular flexibility index (Phi) is 4.86. The molecule has 0 saturated carbocycles. The summed E-state index contributed by atoms with van der Waals surface area (Å²) in [5.74, 6) is -0.225. The Morgan fingerprint density at radius 2 is 1.88 bits per heavy atom. The van der Waals surface area contributed by atoms with Gasteiger partial charge in [0.25, 0.3) is 0 Å². The molecule has 0 spiro atoms. The third kappa shape index (κ3) is 3.44. The van der Waals surface area contributed by atoms with Gasteiger partial charge in [-0.15, -0.1) is 0 Å². The van der Waals surface area contributed by atoms with Crippen LogP contribution in [0.2, 0.25) is 0 Å². The summed E-state index contributed by atoms with van der Waals surface area (Å²) in [4.78, 5) is 4.37. The van der Waals surface area contributed by atoms with E-state index in [4.69, 9.17) is 0 Å². The van der Waals surface area contributed by atoms with Gasteiger partial charge in [-0.3, -0.25) is 18.5 Å². The van der Waals surface area contributed by atoms with E-state index in [2.05, 4.69) is 15.2 Å². The molecule has 0 amide bonds. The molecular formula is C15H13N3O4S2-2. The normalized spacial score (nSPS) is 14.0. The third-order valence-electron chi connectivity index (χ3n) is 3.69. The van der Waals surface area contributed by atoms with E-state index in [0.29, 0.717) is 27.9 Å². The molecule has 24 heavy (non-hydrogen) atoms. The molecule has 126 valence electrons. The van der Waals surface area contributed by atoms with Crippen LogP contribution in [0.15, 0.2) is 30.5 Å². The largest absolute Gasteiger partial charge is 0.772 e. The van der Waals surface area contributed by atoms with Crippen LogP contribution in [0, 0.1) is 6.92 Å². The number of hydrogen-bond acceptors (Lipinski definition) is 6. The Bertz CT molecular complexity index is 955. The molecule has 0 saturated heterocycles. The maximum Gasteiger partial charge on any atom is 0.0961 e. The molecule has 7 nitrogen and oxygen atoms in total. The highest BCUT2D eigenvalue weighted by Crippen LogP contribution is 2.30. The van der Waals surface area contributed by atoms with Gasteiger partial charge >= 0.3 is 0 Å². The van der Waals surface area contributed by atoms with Gasteiger partial charge in [-0.05, 0) is 41.3 Å². The van der Waals surface area contributed by atoms with E-state index >= 15 is 0 Å². The molecule has 2 unspecified atom stereocenters. The number of fused-ring (bicyclic) bond motifs is 1. The first-order valence-electron chi connectivity index (χ1n) is 6.99. The number of aromatic nitrogens is 3. The summed E-state index contributed by atoms with van der Waals surface area (Å²) < 4.78 is 43.8. The molecule has 2 atom stereocenters. The minimum atomic E-state index is -2.25. The molecule has 2 aromatic heterocycles. The fourth-order valence-corrected chi connectivity index (χ4v) is 3.62. The van der Waals surface area contributed by atoms with Crippen LogP contribution in [0.25, 0.3) is 22.2 Å². The van der Waals surface area contributed by atoms with Crippen LogP contribution in [0.3, 0.4) is 0 Å². The van der Waals surface area contributed by atoms with Crippen molar-refractivity contribution in [2.24, 2.45) is 0 Å². The Morgan fingerprint density at radius 1 is 1.12 bits per heavy atom. The smallest absolute Gasteiger partial charge is 0.0961 e. The molecule has 3 aromatic rings. The van der Waals surface area contributed by atoms with Gasteiger partial charge in [-0.25, -0.2) is 0 Å². The fraction of sp³-hybridized carbons (Fsp3) is 0.200. The summed E-state index contributed by atoms with van der Waals surface area (Å²) in [6.45, 7) is 1.83. The summed E-state index contributed by atoms with van der Waals surface area (Å²) in [5.41, 5.74) is 4.03. The number of H-pyrrole nitrogens is 1. The zero-order chi connectivity index (χ0) is 17.3. The van der Waals surface area contributed by atoms with E-state index < -0.39 is 22.2 Å². The number of pyridine rings is 1. The molecule has 0 fully saturated rings. The molecule has 1 N–H and O–H groups in total. The lowest BCUT2D eigenvalue weighted by molar-refractivity contribution is 0.534. The van der Waals surface area contributed by atoms with Crippen molar-refractivity contribution in [3.8, 4) is 11.3 Å². The van der Waals surface area contributed by atoms with Crippen LogP contribution in [-0.2, 0) is 33.7 Å². The van der Waals surface area contributed by atoms with Crippen molar-refractivity contribution in [2.45, 2.75) is 18.4 Å². The lowest BCUT2D eigenvalue weighted by Crippen LogP contribution is -1.98. The van der Waals surface area contributed by atoms with E-state index in [1.165, 1.54) is 0 Å². The molecule has 0 aliphatic carbocycles. The lowest BCUT2D eigenvalue weighted by Gasteiger charge is -2.11. The third-order valence-corrected chi connectivity index (χ3v) is 4.76. The number of benzene rings is 1. The van der Waals surface area contributed by atoms with Gasteiger partial charge in [-0.1, -0.05) is 23.2 Å². The number of rotatable bonds is 5. The number of nitrogens with zero attached hydrogens (tertiary/aromatic N) is 2. The van der Waals surface area contributed by atoms with Crippen molar-refractivity contribution < 1.29 is 17.5 Å². The van der Waals surface area contributed by atoms with Gasteiger partial charge in [0.05, 0.1) is 28.0 Å². The Balaban J connectivity index is 2.12. The summed E-state index contributed by atoms with van der Waals surface area (Å²) in [7, 11) is 0. The lowest BCUT2D eigenvalue weighted by atomic mass is 10.0. The van der Waals surface area contributed by atoms with Gasteiger partial charge < -0.3 is 9.11 Å². The van der Waals surface area contributed by atoms with E-state index in [9.17, 15) is 17.5 Å². The topological polar surface area (TPSA) is 122 Å². The minimum Gasteiger partial charge on any atom is -0.772 e. The zero-order valence-electron chi connectivity index (χ0n) is 12.6. The molecule has 9 heteroatoms. The van der Waals surface area contributed by atoms with Gasteiger partial charge in [0.2, 0.25) is 0 Å². The first kappa shape index (κ1) is 16.9. The highest BCUT2D eigenvalue weighted by atomic mass is 32.2. The maximum absolute atomic E-state index is 11.0. The van der Waals surface area contributed by atoms with E-state index in [0.717, 1.165) is 11.1 Å². The number of hydrogen-bond donors (Lipinski definition) is 1. The average molecular weight is 363 g/mol. The van der Waals surface area contributed by atoms with Gasteiger partial charge in [0.1, 0.15) is 0 Å².